The van der Waals surface area contributed by atoms with Crippen molar-refractivity contribution in [1.29, 1.82) is 0 Å². The van der Waals surface area contributed by atoms with Crippen LogP contribution in [-0.4, -0.2) is 47.3 Å². The molecule has 0 spiro atoms. The number of nitrogens with one attached hydrogen (secondary N) is 2. The van der Waals surface area contributed by atoms with Gasteiger partial charge in [-0.05, 0) is 32.5 Å². The van der Waals surface area contributed by atoms with Crippen molar-refractivity contribution in [1.82, 2.24) is 10.2 Å². The highest BCUT2D eigenvalue weighted by atomic mass is 16.6. The smallest absolute Gasteiger partial charge is 0.269 e. The Morgan fingerprint density at radius 1 is 1.17 bits per heavy atom. The summed E-state index contributed by atoms with van der Waals surface area (Å²) in [6.07, 6.45) is 0. The third-order valence-electron chi connectivity index (χ3n) is 2.99. The summed E-state index contributed by atoms with van der Waals surface area (Å²) in [6.45, 7) is 6.37. The van der Waals surface area contributed by atoms with Crippen LogP contribution in [-0.2, 0) is 9.59 Å². The van der Waals surface area contributed by atoms with E-state index in [4.69, 9.17) is 0 Å². The monoisotopic (exact) mass is 322 g/mol. The minimum atomic E-state index is -0.502. The van der Waals surface area contributed by atoms with Gasteiger partial charge in [-0.3, -0.25) is 24.6 Å². The molecule has 0 atom stereocenters. The molecule has 2 amide bonds. The Labute approximate surface area is 135 Å². The molecule has 1 rings (SSSR count). The fourth-order valence-electron chi connectivity index (χ4n) is 1.92. The van der Waals surface area contributed by atoms with Crippen LogP contribution in [0.2, 0.25) is 0 Å². The van der Waals surface area contributed by atoms with E-state index in [1.54, 1.807) is 4.90 Å². The third kappa shape index (κ3) is 6.88. The van der Waals surface area contributed by atoms with E-state index in [0.29, 0.717) is 12.2 Å². The molecule has 23 heavy (non-hydrogen) atoms. The van der Waals surface area contributed by atoms with Crippen LogP contribution in [0.1, 0.15) is 20.8 Å². The number of nitro benzene ring substituents is 1. The van der Waals surface area contributed by atoms with E-state index in [9.17, 15) is 19.7 Å². The fourth-order valence-corrected chi connectivity index (χ4v) is 1.92. The molecular formula is C15H22N4O4. The van der Waals surface area contributed by atoms with Crippen molar-refractivity contribution in [3.63, 3.8) is 0 Å². The Kier molecular flexibility index (Phi) is 7.14. The second-order valence-corrected chi connectivity index (χ2v) is 5.38. The molecule has 0 saturated heterocycles. The maximum atomic E-state index is 12.0. The second-order valence-electron chi connectivity index (χ2n) is 5.38. The highest BCUT2D eigenvalue weighted by Gasteiger charge is 2.14. The van der Waals surface area contributed by atoms with Gasteiger partial charge in [0.1, 0.15) is 0 Å². The Hall–Kier alpha value is -2.48. The predicted molar refractivity (Wildman–Crippen MR) is 87.1 cm³/mol. The van der Waals surface area contributed by atoms with E-state index in [1.165, 1.54) is 24.3 Å². The number of amides is 2. The molecule has 0 aliphatic heterocycles. The number of carbonyl (C=O) groups excluding carboxylic acids is 2. The molecule has 2 N–H and O–H groups in total. The molecular weight excluding hydrogens is 300 g/mol. The SMILES string of the molecule is CCN(CC(=O)Nc1ccc([N+](=O)[O-])cc1)CC(=O)NC(C)C. The highest BCUT2D eigenvalue weighted by molar-refractivity contribution is 5.92. The highest BCUT2D eigenvalue weighted by Crippen LogP contribution is 2.15. The molecule has 8 heteroatoms. The largest absolute Gasteiger partial charge is 0.353 e. The number of non-ortho nitro benzene ring substituents is 1. The number of hydrogen-bond acceptors (Lipinski definition) is 5. The first kappa shape index (κ1) is 18.6. The zero-order valence-corrected chi connectivity index (χ0v) is 13.5. The molecule has 0 heterocycles. The maximum Gasteiger partial charge on any atom is 0.269 e. The fraction of sp³-hybridized carbons (Fsp3) is 0.467. The number of hydrogen-bond donors (Lipinski definition) is 2. The van der Waals surface area contributed by atoms with Gasteiger partial charge >= 0.3 is 0 Å². The average molecular weight is 322 g/mol. The minimum Gasteiger partial charge on any atom is -0.353 e. The third-order valence-corrected chi connectivity index (χ3v) is 2.99. The lowest BCUT2D eigenvalue weighted by Gasteiger charge is -2.20. The van der Waals surface area contributed by atoms with E-state index < -0.39 is 4.92 Å². The van der Waals surface area contributed by atoms with Crippen LogP contribution < -0.4 is 10.6 Å². The molecule has 0 aliphatic rings. The van der Waals surface area contributed by atoms with E-state index in [2.05, 4.69) is 10.6 Å². The first-order valence-electron chi connectivity index (χ1n) is 7.37. The van der Waals surface area contributed by atoms with Gasteiger partial charge in [-0.1, -0.05) is 6.92 Å². The molecule has 126 valence electrons. The normalized spacial score (nSPS) is 10.7. The van der Waals surface area contributed by atoms with Gasteiger partial charge in [0.2, 0.25) is 11.8 Å². The zero-order valence-electron chi connectivity index (χ0n) is 13.5. The van der Waals surface area contributed by atoms with E-state index in [0.717, 1.165) is 0 Å². The van der Waals surface area contributed by atoms with Crippen molar-refractivity contribution >= 4 is 23.2 Å². The lowest BCUT2D eigenvalue weighted by Crippen LogP contribution is -2.42. The first-order valence-corrected chi connectivity index (χ1v) is 7.37. The Bertz CT molecular complexity index is 557. The van der Waals surface area contributed by atoms with Crippen molar-refractivity contribution < 1.29 is 14.5 Å². The molecule has 0 bridgehead atoms. The van der Waals surface area contributed by atoms with Gasteiger partial charge in [-0.2, -0.15) is 0 Å². The number of rotatable bonds is 8. The molecule has 0 unspecified atom stereocenters. The van der Waals surface area contributed by atoms with E-state index >= 15 is 0 Å². The van der Waals surface area contributed by atoms with Crippen molar-refractivity contribution in [3.8, 4) is 0 Å². The topological polar surface area (TPSA) is 105 Å². The Morgan fingerprint density at radius 2 is 1.74 bits per heavy atom. The quantitative estimate of drug-likeness (QED) is 0.556. The van der Waals surface area contributed by atoms with E-state index in [-0.39, 0.29) is 36.6 Å². The molecule has 1 aromatic rings. The van der Waals surface area contributed by atoms with Crippen LogP contribution in [0.25, 0.3) is 0 Å². The van der Waals surface area contributed by atoms with Crippen LogP contribution in [0.5, 0.6) is 0 Å². The Balaban J connectivity index is 2.53. The van der Waals surface area contributed by atoms with Gasteiger partial charge in [0, 0.05) is 23.9 Å². The van der Waals surface area contributed by atoms with Crippen molar-refractivity contribution in [2.75, 3.05) is 25.0 Å². The van der Waals surface area contributed by atoms with Crippen LogP contribution in [0, 0.1) is 10.1 Å². The predicted octanol–water partition coefficient (Wildman–Crippen LogP) is 1.38. The molecule has 0 radical (unpaired) electrons. The second kappa shape index (κ2) is 8.84. The summed E-state index contributed by atoms with van der Waals surface area (Å²) in [6, 6.07) is 5.64. The summed E-state index contributed by atoms with van der Waals surface area (Å²) in [5, 5.41) is 16.0. The minimum absolute atomic E-state index is 0.0384. The summed E-state index contributed by atoms with van der Waals surface area (Å²) in [5.74, 6) is -0.414. The van der Waals surface area contributed by atoms with Gasteiger partial charge in [-0.25, -0.2) is 0 Å². The van der Waals surface area contributed by atoms with Gasteiger partial charge in [0.15, 0.2) is 0 Å². The van der Waals surface area contributed by atoms with Gasteiger partial charge < -0.3 is 10.6 Å². The summed E-state index contributed by atoms with van der Waals surface area (Å²) in [4.78, 5) is 35.5. The zero-order chi connectivity index (χ0) is 17.4. The summed E-state index contributed by atoms with van der Waals surface area (Å²) < 4.78 is 0. The molecule has 8 nitrogen and oxygen atoms in total. The maximum absolute atomic E-state index is 12.0. The summed E-state index contributed by atoms with van der Waals surface area (Å²) >= 11 is 0. The first-order chi connectivity index (χ1) is 10.8. The number of benzene rings is 1. The molecule has 0 aliphatic carbocycles. The van der Waals surface area contributed by atoms with Gasteiger partial charge in [0.05, 0.1) is 18.0 Å². The number of anilines is 1. The van der Waals surface area contributed by atoms with Crippen molar-refractivity contribution in [2.24, 2.45) is 0 Å². The molecule has 0 saturated carbocycles. The average Bonchev–Trinajstić information content (AvgIpc) is 2.46. The summed E-state index contributed by atoms with van der Waals surface area (Å²) in [5.41, 5.74) is 0.437. The van der Waals surface area contributed by atoms with Crippen LogP contribution >= 0.6 is 0 Å². The molecule has 1 aromatic carbocycles. The van der Waals surface area contributed by atoms with Gasteiger partial charge in [0.25, 0.3) is 5.69 Å². The van der Waals surface area contributed by atoms with E-state index in [1.807, 2.05) is 20.8 Å². The van der Waals surface area contributed by atoms with Crippen LogP contribution in [0.4, 0.5) is 11.4 Å². The number of carbonyl (C=O) groups is 2. The molecule has 0 fully saturated rings. The van der Waals surface area contributed by atoms with Crippen LogP contribution in [0.15, 0.2) is 24.3 Å². The lowest BCUT2D eigenvalue weighted by molar-refractivity contribution is -0.384. The Morgan fingerprint density at radius 3 is 2.22 bits per heavy atom. The standard InChI is InChI=1S/C15H22N4O4/c1-4-18(9-14(20)16-11(2)3)10-15(21)17-12-5-7-13(8-6-12)19(22)23/h5-8,11H,4,9-10H2,1-3H3,(H,16,20)(H,17,21). The molecule has 0 aromatic heterocycles. The number of likely N-dealkylation sites (N-methyl/N-ethyl adjacent to an activating group) is 1. The lowest BCUT2D eigenvalue weighted by atomic mass is 10.3. The van der Waals surface area contributed by atoms with Gasteiger partial charge in [-0.15, -0.1) is 0 Å². The van der Waals surface area contributed by atoms with Crippen LogP contribution in [0.3, 0.4) is 0 Å². The number of nitrogens with zero attached hydrogens (tertiary/aromatic N) is 2. The van der Waals surface area contributed by atoms with Crippen molar-refractivity contribution in [2.45, 2.75) is 26.8 Å². The summed E-state index contributed by atoms with van der Waals surface area (Å²) in [7, 11) is 0. The van der Waals surface area contributed by atoms with Crippen molar-refractivity contribution in [3.05, 3.63) is 34.4 Å². The number of nitro groups is 1.